The summed E-state index contributed by atoms with van der Waals surface area (Å²) in [4.78, 5) is 17.9. The Hall–Kier alpha value is -3.13. The highest BCUT2D eigenvalue weighted by Gasteiger charge is 2.51. The number of hydrogen-bond donors (Lipinski definition) is 0. The van der Waals surface area contributed by atoms with Gasteiger partial charge in [-0.25, -0.2) is 8.78 Å². The van der Waals surface area contributed by atoms with Crippen LogP contribution in [0.25, 0.3) is 5.70 Å². The first kappa shape index (κ1) is 27.4. The smallest absolute Gasteiger partial charge is 0.253 e. The van der Waals surface area contributed by atoms with E-state index in [4.69, 9.17) is 4.74 Å². The lowest BCUT2D eigenvalue weighted by atomic mass is 9.70. The first-order valence-electron chi connectivity index (χ1n) is 14.1. The summed E-state index contributed by atoms with van der Waals surface area (Å²) < 4.78 is 34.6. The van der Waals surface area contributed by atoms with E-state index in [2.05, 4.69) is 22.1 Å². The molecular formula is C31H38F2N4O2. The summed E-state index contributed by atoms with van der Waals surface area (Å²) in [5.41, 5.74) is 1.62. The van der Waals surface area contributed by atoms with Crippen LogP contribution in [0.5, 0.6) is 0 Å². The fourth-order valence-electron chi connectivity index (χ4n) is 6.63. The molecule has 8 heteroatoms. The number of carbonyl (C=O) groups excluding carboxylic acids is 1. The Morgan fingerprint density at radius 1 is 1.10 bits per heavy atom. The molecule has 3 aliphatic rings. The number of ether oxygens (including phenoxy) is 1. The third kappa shape index (κ3) is 5.36. The van der Waals surface area contributed by atoms with Gasteiger partial charge in [-0.1, -0.05) is 19.1 Å². The zero-order valence-corrected chi connectivity index (χ0v) is 23.1. The second-order valence-electron chi connectivity index (χ2n) is 11.1. The number of anilines is 1. The fourth-order valence-corrected chi connectivity index (χ4v) is 6.63. The number of amides is 1. The summed E-state index contributed by atoms with van der Waals surface area (Å²) in [6, 6.07) is 11.5. The van der Waals surface area contributed by atoms with Crippen LogP contribution < -0.4 is 4.90 Å². The van der Waals surface area contributed by atoms with Crippen LogP contribution in [0.15, 0.2) is 58.8 Å². The third-order valence-electron chi connectivity index (χ3n) is 9.24. The number of allylic oxidation sites excluding steroid dienone is 1. The Bertz CT molecular complexity index is 1220. The maximum absolute atomic E-state index is 14.6. The van der Waals surface area contributed by atoms with Crippen LogP contribution in [0.2, 0.25) is 0 Å². The van der Waals surface area contributed by atoms with E-state index in [1.807, 2.05) is 49.1 Å². The molecule has 2 heterocycles. The standard InChI is InChI=1S/C31H38F2N4O2/c1-4-36(30(38)24-8-11-25(12-9-24)37-16-18-39-19-17-37)20-31-15-14-23(21(31)2)10-13-28(35-34-22(31)3)29-26(32)6-5-7-27(29)33/h5-9,11-13,21-23H,4,10,14-20H2,1-3H3/b28-13-,35-34-/t21?,22?,23-,31-/m1/s1. The highest BCUT2D eigenvalue weighted by atomic mass is 19.1. The molecule has 0 N–H and O–H groups in total. The van der Waals surface area contributed by atoms with E-state index < -0.39 is 11.6 Å². The minimum absolute atomic E-state index is 0.00676. The molecule has 2 aromatic carbocycles. The number of halogens is 2. The topological polar surface area (TPSA) is 57.5 Å². The van der Waals surface area contributed by atoms with Crippen LogP contribution in [-0.2, 0) is 4.74 Å². The van der Waals surface area contributed by atoms with Gasteiger partial charge in [0, 0.05) is 42.8 Å². The van der Waals surface area contributed by atoms with Gasteiger partial charge in [0.25, 0.3) is 5.91 Å². The van der Waals surface area contributed by atoms with E-state index in [1.54, 1.807) is 0 Å². The van der Waals surface area contributed by atoms with Gasteiger partial charge in [0.05, 0.1) is 30.5 Å². The number of benzene rings is 2. The number of azo groups is 1. The molecule has 0 aromatic heterocycles. The van der Waals surface area contributed by atoms with Crippen molar-refractivity contribution in [3.05, 3.63) is 71.3 Å². The zero-order valence-electron chi connectivity index (χ0n) is 23.1. The van der Waals surface area contributed by atoms with Gasteiger partial charge in [-0.3, -0.25) is 4.79 Å². The normalized spacial score (nSPS) is 29.1. The third-order valence-corrected chi connectivity index (χ3v) is 9.24. The Labute approximate surface area is 229 Å². The van der Waals surface area contributed by atoms with Crippen molar-refractivity contribution < 1.29 is 18.3 Å². The number of hydrogen-bond acceptors (Lipinski definition) is 5. The molecule has 1 aliphatic carbocycles. The van der Waals surface area contributed by atoms with Gasteiger partial charge in [-0.2, -0.15) is 10.2 Å². The van der Waals surface area contributed by atoms with Crippen molar-refractivity contribution in [1.82, 2.24) is 4.90 Å². The monoisotopic (exact) mass is 536 g/mol. The molecule has 0 spiro atoms. The van der Waals surface area contributed by atoms with Crippen molar-refractivity contribution in [2.45, 2.75) is 46.1 Å². The van der Waals surface area contributed by atoms with Gasteiger partial charge in [0.15, 0.2) is 0 Å². The van der Waals surface area contributed by atoms with Gasteiger partial charge < -0.3 is 14.5 Å². The molecule has 2 aliphatic heterocycles. The summed E-state index contributed by atoms with van der Waals surface area (Å²) >= 11 is 0. The van der Waals surface area contributed by atoms with E-state index in [-0.39, 0.29) is 34.5 Å². The first-order chi connectivity index (χ1) is 18.8. The molecule has 208 valence electrons. The lowest BCUT2D eigenvalue weighted by molar-refractivity contribution is 0.0529. The van der Waals surface area contributed by atoms with Gasteiger partial charge in [0.1, 0.15) is 11.6 Å². The van der Waals surface area contributed by atoms with Gasteiger partial charge in [0.2, 0.25) is 0 Å². The summed E-state index contributed by atoms with van der Waals surface area (Å²) in [7, 11) is 0. The van der Waals surface area contributed by atoms with E-state index in [0.29, 0.717) is 44.2 Å². The fraction of sp³-hybridized carbons (Fsp3) is 0.516. The van der Waals surface area contributed by atoms with Crippen LogP contribution in [0.1, 0.15) is 56.0 Å². The summed E-state index contributed by atoms with van der Waals surface area (Å²) in [6.07, 6.45) is 4.40. The van der Waals surface area contributed by atoms with E-state index in [9.17, 15) is 13.6 Å². The van der Waals surface area contributed by atoms with Crippen molar-refractivity contribution in [3.8, 4) is 0 Å². The maximum atomic E-state index is 14.6. The van der Waals surface area contributed by atoms with Crippen LogP contribution in [0.4, 0.5) is 14.5 Å². The minimum Gasteiger partial charge on any atom is -0.378 e. The molecule has 1 saturated carbocycles. The zero-order chi connectivity index (χ0) is 27.6. The molecular weight excluding hydrogens is 498 g/mol. The van der Waals surface area contributed by atoms with Crippen LogP contribution in [0, 0.1) is 28.9 Å². The number of nitrogens with zero attached hydrogens (tertiary/aromatic N) is 4. The van der Waals surface area contributed by atoms with E-state index in [0.717, 1.165) is 31.6 Å². The number of morpholine rings is 1. The summed E-state index contributed by atoms with van der Waals surface area (Å²) in [6.45, 7) is 10.5. The quantitative estimate of drug-likeness (QED) is 0.419. The van der Waals surface area contributed by atoms with Crippen molar-refractivity contribution in [2.75, 3.05) is 44.3 Å². The van der Waals surface area contributed by atoms with Crippen molar-refractivity contribution in [3.63, 3.8) is 0 Å². The summed E-state index contributed by atoms with van der Waals surface area (Å²) in [5.74, 6) is -0.683. The predicted octanol–water partition coefficient (Wildman–Crippen LogP) is 6.58. The maximum Gasteiger partial charge on any atom is 0.253 e. The van der Waals surface area contributed by atoms with Crippen LogP contribution in [0.3, 0.4) is 0 Å². The highest BCUT2D eigenvalue weighted by molar-refractivity contribution is 5.94. The lowest BCUT2D eigenvalue weighted by Gasteiger charge is -2.42. The number of fused-ring (bicyclic) bond motifs is 2. The molecule has 2 unspecified atom stereocenters. The van der Waals surface area contributed by atoms with Crippen LogP contribution in [-0.4, -0.2) is 56.2 Å². The number of carbonyl (C=O) groups is 1. The Morgan fingerprint density at radius 3 is 2.46 bits per heavy atom. The van der Waals surface area contributed by atoms with Crippen molar-refractivity contribution in [1.29, 1.82) is 0 Å². The van der Waals surface area contributed by atoms with Crippen molar-refractivity contribution in [2.24, 2.45) is 27.5 Å². The average molecular weight is 537 g/mol. The van der Waals surface area contributed by atoms with Gasteiger partial charge >= 0.3 is 0 Å². The molecule has 6 nitrogen and oxygen atoms in total. The SMILES string of the molecule is CCN(C[C@@]12CC[C@@H](C/C=C(c3c(F)cccc3F)\N=N/C1C)C2C)C(=O)c1ccc(N2CCOCC2)cc1. The minimum atomic E-state index is -0.637. The van der Waals surface area contributed by atoms with Crippen molar-refractivity contribution >= 4 is 17.3 Å². The Balaban J connectivity index is 1.38. The molecule has 2 aromatic rings. The highest BCUT2D eigenvalue weighted by Crippen LogP contribution is 2.53. The van der Waals surface area contributed by atoms with Gasteiger partial charge in [-0.15, -0.1) is 0 Å². The second-order valence-corrected chi connectivity index (χ2v) is 11.1. The Morgan fingerprint density at radius 2 is 1.79 bits per heavy atom. The molecule has 0 radical (unpaired) electrons. The second kappa shape index (κ2) is 11.5. The van der Waals surface area contributed by atoms with Gasteiger partial charge in [-0.05, 0) is 81.3 Å². The molecule has 2 bridgehead atoms. The molecule has 4 atom stereocenters. The average Bonchev–Trinajstić information content (AvgIpc) is 3.29. The number of rotatable bonds is 6. The van der Waals surface area contributed by atoms with E-state index >= 15 is 0 Å². The first-order valence-corrected chi connectivity index (χ1v) is 14.1. The predicted molar refractivity (Wildman–Crippen MR) is 149 cm³/mol. The van der Waals surface area contributed by atoms with E-state index in [1.165, 1.54) is 18.2 Å². The molecule has 2 fully saturated rings. The molecule has 5 rings (SSSR count). The molecule has 1 saturated heterocycles. The van der Waals surface area contributed by atoms with Crippen LogP contribution >= 0.6 is 0 Å². The molecule has 39 heavy (non-hydrogen) atoms. The largest absolute Gasteiger partial charge is 0.378 e. The Kier molecular flexibility index (Phi) is 8.12. The molecule has 1 amide bonds. The summed E-state index contributed by atoms with van der Waals surface area (Å²) in [5, 5.41) is 9.03. The lowest BCUT2D eigenvalue weighted by Crippen LogP contribution is -2.48.